The summed E-state index contributed by atoms with van der Waals surface area (Å²) in [5.74, 6) is -1.60. The van der Waals surface area contributed by atoms with Crippen LogP contribution in [0.25, 0.3) is 0 Å². The average molecular weight is 247 g/mol. The van der Waals surface area contributed by atoms with Gasteiger partial charge in [0.2, 0.25) is 0 Å². The van der Waals surface area contributed by atoms with Crippen LogP contribution >= 0.6 is 0 Å². The molecule has 7 nitrogen and oxygen atoms in total. The van der Waals surface area contributed by atoms with Crippen molar-refractivity contribution in [1.29, 1.82) is 0 Å². The first-order valence-electron chi connectivity index (χ1n) is 5.68. The molecule has 0 aliphatic rings. The van der Waals surface area contributed by atoms with Gasteiger partial charge in [-0.05, 0) is 0 Å². The molecule has 0 atom stereocenters. The van der Waals surface area contributed by atoms with Gasteiger partial charge in [-0.2, -0.15) is 0 Å². The van der Waals surface area contributed by atoms with Gasteiger partial charge in [0, 0.05) is 39.3 Å². The van der Waals surface area contributed by atoms with Crippen LogP contribution in [0.3, 0.4) is 0 Å². The van der Waals surface area contributed by atoms with Crippen molar-refractivity contribution in [3.05, 3.63) is 0 Å². The molecule has 17 heavy (non-hydrogen) atoms. The van der Waals surface area contributed by atoms with Crippen LogP contribution in [0, 0.1) is 0 Å². The van der Waals surface area contributed by atoms with E-state index in [-0.39, 0.29) is 12.8 Å². The minimum Gasteiger partial charge on any atom is -0.481 e. The van der Waals surface area contributed by atoms with Crippen LogP contribution in [0.2, 0.25) is 0 Å². The Hall–Kier alpha value is -1.18. The SMILES string of the molecule is O=C(O)CCNCCNCCNCCC(=O)O. The maximum absolute atomic E-state index is 10.2. The first-order valence-corrected chi connectivity index (χ1v) is 5.68. The molecule has 0 bridgehead atoms. The van der Waals surface area contributed by atoms with E-state index in [1.165, 1.54) is 0 Å². The first-order chi connectivity index (χ1) is 8.13. The quantitative estimate of drug-likeness (QED) is 0.273. The van der Waals surface area contributed by atoms with E-state index in [2.05, 4.69) is 16.0 Å². The van der Waals surface area contributed by atoms with Crippen LogP contribution in [0.15, 0.2) is 0 Å². The summed E-state index contributed by atoms with van der Waals surface area (Å²) in [5.41, 5.74) is 0. The Kier molecular flexibility index (Phi) is 10.5. The van der Waals surface area contributed by atoms with Crippen molar-refractivity contribution in [3.63, 3.8) is 0 Å². The van der Waals surface area contributed by atoms with Crippen LogP contribution in [-0.4, -0.2) is 61.4 Å². The second-order valence-electron chi connectivity index (χ2n) is 3.54. The van der Waals surface area contributed by atoms with Crippen molar-refractivity contribution in [2.75, 3.05) is 39.3 Å². The third-order valence-electron chi connectivity index (χ3n) is 1.99. The Morgan fingerprint density at radius 2 is 0.941 bits per heavy atom. The summed E-state index contributed by atoms with van der Waals surface area (Å²) >= 11 is 0. The number of nitrogens with one attached hydrogen (secondary N) is 3. The van der Waals surface area contributed by atoms with Gasteiger partial charge >= 0.3 is 11.9 Å². The number of hydrogen-bond acceptors (Lipinski definition) is 5. The topological polar surface area (TPSA) is 111 Å². The van der Waals surface area contributed by atoms with Crippen molar-refractivity contribution in [2.24, 2.45) is 0 Å². The van der Waals surface area contributed by atoms with Gasteiger partial charge in [-0.3, -0.25) is 9.59 Å². The summed E-state index contributed by atoms with van der Waals surface area (Å²) in [6, 6.07) is 0. The molecule has 0 saturated heterocycles. The fourth-order valence-electron chi connectivity index (χ4n) is 1.12. The average Bonchev–Trinajstić information content (AvgIpc) is 2.25. The molecule has 0 aromatic rings. The van der Waals surface area contributed by atoms with E-state index < -0.39 is 11.9 Å². The van der Waals surface area contributed by atoms with Gasteiger partial charge < -0.3 is 26.2 Å². The van der Waals surface area contributed by atoms with Crippen molar-refractivity contribution in [1.82, 2.24) is 16.0 Å². The van der Waals surface area contributed by atoms with Crippen molar-refractivity contribution >= 4 is 11.9 Å². The largest absolute Gasteiger partial charge is 0.481 e. The Morgan fingerprint density at radius 3 is 1.24 bits per heavy atom. The minimum atomic E-state index is -0.798. The summed E-state index contributed by atoms with van der Waals surface area (Å²) in [5, 5.41) is 25.9. The number of hydrogen-bond donors (Lipinski definition) is 5. The van der Waals surface area contributed by atoms with E-state index >= 15 is 0 Å². The summed E-state index contributed by atoms with van der Waals surface area (Å²) in [4.78, 5) is 20.4. The molecule has 0 aliphatic carbocycles. The molecule has 0 spiro atoms. The molecule has 0 aromatic heterocycles. The molecule has 0 aliphatic heterocycles. The number of carboxylic acid groups (broad SMARTS) is 2. The molecule has 0 unspecified atom stereocenters. The summed E-state index contributed by atoms with van der Waals surface area (Å²) in [6.45, 7) is 3.94. The van der Waals surface area contributed by atoms with E-state index in [1.54, 1.807) is 0 Å². The van der Waals surface area contributed by atoms with E-state index in [9.17, 15) is 9.59 Å². The third kappa shape index (κ3) is 14.8. The van der Waals surface area contributed by atoms with E-state index in [0.29, 0.717) is 13.1 Å². The molecule has 0 heterocycles. The molecule has 0 rings (SSSR count). The monoisotopic (exact) mass is 247 g/mol. The second-order valence-corrected chi connectivity index (χ2v) is 3.54. The first kappa shape index (κ1) is 15.8. The van der Waals surface area contributed by atoms with Gasteiger partial charge in [0.25, 0.3) is 0 Å². The second kappa shape index (κ2) is 11.3. The number of rotatable bonds is 12. The Labute approximate surface area is 101 Å². The fourth-order valence-corrected chi connectivity index (χ4v) is 1.12. The number of carboxylic acids is 2. The summed E-state index contributed by atoms with van der Waals surface area (Å²) in [6.07, 6.45) is 0.271. The highest BCUT2D eigenvalue weighted by atomic mass is 16.4. The molecule has 0 aromatic carbocycles. The molecular weight excluding hydrogens is 226 g/mol. The highest BCUT2D eigenvalue weighted by molar-refractivity contribution is 5.67. The smallest absolute Gasteiger partial charge is 0.304 e. The Balaban J connectivity index is 2.98. The zero-order valence-corrected chi connectivity index (χ0v) is 9.87. The lowest BCUT2D eigenvalue weighted by molar-refractivity contribution is -0.137. The molecule has 100 valence electrons. The highest BCUT2D eigenvalue weighted by Crippen LogP contribution is 1.75. The predicted molar refractivity (Wildman–Crippen MR) is 63.1 cm³/mol. The lowest BCUT2D eigenvalue weighted by atomic mass is 10.4. The van der Waals surface area contributed by atoms with E-state index in [4.69, 9.17) is 10.2 Å². The fraction of sp³-hybridized carbons (Fsp3) is 0.800. The van der Waals surface area contributed by atoms with Gasteiger partial charge in [0.15, 0.2) is 0 Å². The predicted octanol–water partition coefficient (Wildman–Crippen LogP) is -1.30. The molecule has 7 heteroatoms. The van der Waals surface area contributed by atoms with Crippen molar-refractivity contribution in [2.45, 2.75) is 12.8 Å². The third-order valence-corrected chi connectivity index (χ3v) is 1.99. The lowest BCUT2D eigenvalue weighted by Gasteiger charge is -2.06. The van der Waals surface area contributed by atoms with Crippen LogP contribution in [0.4, 0.5) is 0 Å². The van der Waals surface area contributed by atoms with Gasteiger partial charge in [-0.25, -0.2) is 0 Å². The van der Waals surface area contributed by atoms with Crippen LogP contribution in [-0.2, 0) is 9.59 Å². The normalized spacial score (nSPS) is 10.4. The van der Waals surface area contributed by atoms with Gasteiger partial charge in [0.05, 0.1) is 12.8 Å². The summed E-state index contributed by atoms with van der Waals surface area (Å²) in [7, 11) is 0. The molecule has 5 N–H and O–H groups in total. The standard InChI is InChI=1S/C10H21N3O4/c14-9(15)1-3-11-5-7-13-8-6-12-4-2-10(16)17/h11-13H,1-8H2,(H,14,15)(H,16,17). The van der Waals surface area contributed by atoms with E-state index in [0.717, 1.165) is 26.2 Å². The maximum atomic E-state index is 10.2. The van der Waals surface area contributed by atoms with E-state index in [1.807, 2.05) is 0 Å². The Morgan fingerprint density at radius 1 is 0.647 bits per heavy atom. The maximum Gasteiger partial charge on any atom is 0.304 e. The van der Waals surface area contributed by atoms with Crippen molar-refractivity contribution < 1.29 is 19.8 Å². The summed E-state index contributed by atoms with van der Waals surface area (Å²) < 4.78 is 0. The zero-order chi connectivity index (χ0) is 12.9. The molecule has 0 saturated carbocycles. The molecular formula is C10H21N3O4. The van der Waals surface area contributed by atoms with Gasteiger partial charge in [0.1, 0.15) is 0 Å². The molecule has 0 amide bonds. The van der Waals surface area contributed by atoms with Crippen LogP contribution in [0.5, 0.6) is 0 Å². The highest BCUT2D eigenvalue weighted by Gasteiger charge is 1.96. The van der Waals surface area contributed by atoms with Gasteiger partial charge in [-0.1, -0.05) is 0 Å². The zero-order valence-electron chi connectivity index (χ0n) is 9.87. The minimum absolute atomic E-state index is 0.136. The van der Waals surface area contributed by atoms with Gasteiger partial charge in [-0.15, -0.1) is 0 Å². The number of aliphatic carboxylic acids is 2. The molecule has 0 radical (unpaired) electrons. The van der Waals surface area contributed by atoms with Crippen molar-refractivity contribution in [3.8, 4) is 0 Å². The van der Waals surface area contributed by atoms with Crippen LogP contribution in [0.1, 0.15) is 12.8 Å². The number of carbonyl (C=O) groups is 2. The lowest BCUT2D eigenvalue weighted by Crippen LogP contribution is -2.33. The van der Waals surface area contributed by atoms with Crippen LogP contribution < -0.4 is 16.0 Å². The Bertz CT molecular complexity index is 202. The molecule has 0 fully saturated rings.